The summed E-state index contributed by atoms with van der Waals surface area (Å²) in [5, 5.41) is 3.94. The van der Waals surface area contributed by atoms with Crippen molar-refractivity contribution in [2.45, 2.75) is 35.1 Å². The van der Waals surface area contributed by atoms with E-state index in [-0.39, 0.29) is 28.5 Å². The van der Waals surface area contributed by atoms with E-state index in [0.29, 0.717) is 6.79 Å². The predicted molar refractivity (Wildman–Crippen MR) is 106 cm³/mol. The van der Waals surface area contributed by atoms with E-state index < -0.39 is 0 Å². The largest absolute Gasteiger partial charge is 0.454 e. The molecule has 0 fully saturated rings. The van der Waals surface area contributed by atoms with Crippen LogP contribution in [0.5, 0.6) is 11.5 Å². The number of rotatable bonds is 0. The first-order valence-corrected chi connectivity index (χ1v) is 8.54. The van der Waals surface area contributed by atoms with E-state index in [1.807, 2.05) is 32.0 Å². The van der Waals surface area contributed by atoms with Gasteiger partial charge in [-0.25, -0.2) is 0 Å². The summed E-state index contributed by atoms with van der Waals surface area (Å²) in [5.41, 5.74) is 3.86. The summed E-state index contributed by atoms with van der Waals surface area (Å²) in [6, 6.07) is 14.4. The van der Waals surface area contributed by atoms with Gasteiger partial charge in [0.05, 0.1) is 0 Å². The number of ether oxygens (including phenoxy) is 2. The van der Waals surface area contributed by atoms with Crippen LogP contribution in [0.4, 0.5) is 0 Å². The Morgan fingerprint density at radius 1 is 0.846 bits per heavy atom. The topological polar surface area (TPSA) is 31.4 Å². The third-order valence-electron chi connectivity index (χ3n) is 3.25. The molecule has 0 saturated carbocycles. The third kappa shape index (κ3) is 8.64. The van der Waals surface area contributed by atoms with Gasteiger partial charge in [0.1, 0.15) is 0 Å². The van der Waals surface area contributed by atoms with E-state index in [0.717, 1.165) is 16.5 Å². The van der Waals surface area contributed by atoms with E-state index in [9.17, 15) is 0 Å². The molecular weight excluding hydrogens is 514 g/mol. The Labute approximate surface area is 175 Å². The van der Waals surface area contributed by atoms with Gasteiger partial charge in [0, 0.05) is 21.1 Å². The van der Waals surface area contributed by atoms with Crippen LogP contribution in [0.25, 0.3) is 0 Å². The molecule has 0 unspecified atom stereocenters. The summed E-state index contributed by atoms with van der Waals surface area (Å²) >= 11 is 1.54. The monoisotopic (exact) mass is 540 g/mol. The summed E-state index contributed by atoms with van der Waals surface area (Å²) in [4.78, 5) is 3.88. The number of nitrogens with zero attached hydrogens (tertiary/aromatic N) is 1. The van der Waals surface area contributed by atoms with Gasteiger partial charge in [-0.15, -0.1) is 0 Å². The molecule has 4 rings (SSSR count). The minimum Gasteiger partial charge on any atom is -0.454 e. The summed E-state index contributed by atoms with van der Waals surface area (Å²) in [6.45, 7) is 8.54. The number of aromatic nitrogens is 1. The first-order valence-electron chi connectivity index (χ1n) is 7.72. The smallest absolute Gasteiger partial charge is 0.231 e. The maximum atomic E-state index is 5.16. The molecule has 1 aliphatic rings. The third-order valence-corrected chi connectivity index (χ3v) is 3.88. The molecule has 1 aliphatic heterocycles. The Bertz CT molecular complexity index is 722. The van der Waals surface area contributed by atoms with Gasteiger partial charge in [0.15, 0.2) is 11.5 Å². The average Bonchev–Trinajstić information content (AvgIpc) is 3.22. The Morgan fingerprint density at radius 3 is 1.85 bits per heavy atom. The Hall–Kier alpha value is -1.64. The van der Waals surface area contributed by atoms with Crippen molar-refractivity contribution >= 4 is 11.3 Å². The molecular formula is C21H26NO2SW-. The Balaban J connectivity index is 0.000000358. The quantitative estimate of drug-likeness (QED) is 0.333. The fraction of sp³-hybridized carbons (Fsp3) is 0.286. The fourth-order valence-electron chi connectivity index (χ4n) is 1.90. The molecule has 1 aromatic heterocycles. The predicted octanol–water partition coefficient (Wildman–Crippen LogP) is 5.91. The molecule has 0 atom stereocenters. The number of hydrogen-bond donors (Lipinski definition) is 0. The van der Waals surface area contributed by atoms with E-state index in [2.05, 4.69) is 48.5 Å². The molecule has 3 aromatic rings. The molecule has 0 bridgehead atoms. The van der Waals surface area contributed by atoms with Crippen molar-refractivity contribution in [2.24, 2.45) is 0 Å². The van der Waals surface area contributed by atoms with E-state index in [1.54, 1.807) is 17.5 Å². The fourth-order valence-corrected chi connectivity index (χ4v) is 2.28. The van der Waals surface area contributed by atoms with E-state index in [1.165, 1.54) is 16.7 Å². The number of benzene rings is 2. The Kier molecular flexibility index (Phi) is 11.9. The molecule has 0 N–H and O–H groups in total. The van der Waals surface area contributed by atoms with Crippen LogP contribution in [0.1, 0.15) is 29.1 Å². The van der Waals surface area contributed by atoms with Crippen LogP contribution >= 0.6 is 11.3 Å². The molecule has 0 radical (unpaired) electrons. The van der Waals surface area contributed by atoms with Gasteiger partial charge in [0.2, 0.25) is 6.79 Å². The van der Waals surface area contributed by atoms with Crippen LogP contribution < -0.4 is 9.47 Å². The SMILES string of the molecule is C.Cc1ccc(C)cc1.Cc1ccc2c(c1)OCO2.Cc1nc[c-]s1.[W]. The molecule has 5 heteroatoms. The normalized spacial score (nSPS) is 10.2. The van der Waals surface area contributed by atoms with Crippen LogP contribution in [0.3, 0.4) is 0 Å². The molecule has 0 amide bonds. The number of hydrogen-bond acceptors (Lipinski definition) is 4. The second-order valence-corrected chi connectivity index (χ2v) is 6.54. The molecule has 2 aromatic carbocycles. The molecule has 140 valence electrons. The van der Waals surface area contributed by atoms with Gasteiger partial charge in [-0.05, 0) is 38.5 Å². The van der Waals surface area contributed by atoms with Crippen molar-refractivity contribution < 1.29 is 30.5 Å². The summed E-state index contributed by atoms with van der Waals surface area (Å²) in [5.74, 6) is 1.71. The minimum absolute atomic E-state index is 0. The van der Waals surface area contributed by atoms with Crippen molar-refractivity contribution in [2.75, 3.05) is 6.79 Å². The summed E-state index contributed by atoms with van der Waals surface area (Å²) < 4.78 is 10.3. The summed E-state index contributed by atoms with van der Waals surface area (Å²) in [7, 11) is 0. The average molecular weight is 540 g/mol. The first kappa shape index (κ1) is 24.4. The first-order chi connectivity index (χ1) is 11.5. The Morgan fingerprint density at radius 2 is 1.38 bits per heavy atom. The van der Waals surface area contributed by atoms with Crippen molar-refractivity contribution in [3.63, 3.8) is 0 Å². The van der Waals surface area contributed by atoms with Crippen molar-refractivity contribution in [3.8, 4) is 11.5 Å². The van der Waals surface area contributed by atoms with Gasteiger partial charge >= 0.3 is 0 Å². The van der Waals surface area contributed by atoms with Crippen LogP contribution in [0, 0.1) is 33.1 Å². The van der Waals surface area contributed by atoms with Crippen molar-refractivity contribution in [3.05, 3.63) is 75.7 Å². The van der Waals surface area contributed by atoms with Gasteiger partial charge in [0.25, 0.3) is 0 Å². The number of fused-ring (bicyclic) bond motifs is 1. The zero-order valence-corrected chi connectivity index (χ0v) is 18.7. The molecule has 0 spiro atoms. The molecule has 0 aliphatic carbocycles. The van der Waals surface area contributed by atoms with Gasteiger partial charge in [-0.1, -0.05) is 67.0 Å². The zero-order chi connectivity index (χ0) is 17.4. The number of thiazole rings is 1. The summed E-state index contributed by atoms with van der Waals surface area (Å²) in [6.07, 6.45) is 1.68. The molecule has 2 heterocycles. The zero-order valence-electron chi connectivity index (χ0n) is 14.9. The van der Waals surface area contributed by atoms with Crippen LogP contribution in [0.15, 0.2) is 48.7 Å². The maximum absolute atomic E-state index is 5.16. The van der Waals surface area contributed by atoms with Gasteiger partial charge < -0.3 is 25.8 Å². The van der Waals surface area contributed by atoms with Crippen molar-refractivity contribution in [1.82, 2.24) is 4.98 Å². The minimum atomic E-state index is 0. The van der Waals surface area contributed by atoms with E-state index >= 15 is 0 Å². The molecule has 0 saturated heterocycles. The maximum Gasteiger partial charge on any atom is 0.231 e. The second-order valence-electron chi connectivity index (χ2n) is 5.51. The molecule has 26 heavy (non-hydrogen) atoms. The van der Waals surface area contributed by atoms with E-state index in [4.69, 9.17) is 9.47 Å². The standard InChI is InChI=1S/C8H8O2.C8H10.C4H4NS.CH4.W/c1-6-2-3-7-8(4-6)10-5-9-7;1-7-3-5-8(2)6-4-7;1-4-5-2-3-6-4;;/h2-4H,5H2,1H3;3-6H,1-2H3;2H,1H3;1H4;/q;;-1;;. The molecule has 3 nitrogen and oxygen atoms in total. The van der Waals surface area contributed by atoms with Crippen LogP contribution in [-0.2, 0) is 21.1 Å². The van der Waals surface area contributed by atoms with Crippen LogP contribution in [0.2, 0.25) is 0 Å². The van der Waals surface area contributed by atoms with Crippen LogP contribution in [-0.4, -0.2) is 11.8 Å². The van der Waals surface area contributed by atoms with Gasteiger partial charge in [-0.3, -0.25) is 0 Å². The second kappa shape index (κ2) is 12.7. The van der Waals surface area contributed by atoms with Gasteiger partial charge in [-0.2, -0.15) is 5.38 Å². The number of aryl methyl sites for hydroxylation is 4. The van der Waals surface area contributed by atoms with Crippen molar-refractivity contribution in [1.29, 1.82) is 0 Å².